The van der Waals surface area contributed by atoms with E-state index in [1.165, 1.54) is 32.7 Å². The number of benzene rings is 8. The van der Waals surface area contributed by atoms with Gasteiger partial charge in [0.2, 0.25) is 0 Å². The fraction of sp³-hybridized carbons (Fsp3) is 0.0417. The van der Waals surface area contributed by atoms with Gasteiger partial charge in [0.25, 0.3) is 0 Å². The molecule has 0 aromatic heterocycles. The molecule has 0 aliphatic rings. The Hall–Kier alpha value is -6.38. The molecule has 0 saturated heterocycles. The van der Waals surface area contributed by atoms with Crippen molar-refractivity contribution in [3.63, 3.8) is 0 Å². The van der Waals surface area contributed by atoms with E-state index in [-0.39, 0.29) is 0 Å². The second-order valence-corrected chi connectivity index (χ2v) is 12.9. The van der Waals surface area contributed by atoms with Crippen molar-refractivity contribution in [3.05, 3.63) is 204 Å². The molecule has 0 atom stereocenters. The molecule has 0 unspecified atom stereocenters. The summed E-state index contributed by atoms with van der Waals surface area (Å²) < 4.78 is 0. The zero-order chi connectivity index (χ0) is 33.9. The Morgan fingerprint density at radius 2 is 0.680 bits per heavy atom. The second kappa shape index (κ2) is 13.6. The number of aryl methyl sites for hydroxylation is 2. The summed E-state index contributed by atoms with van der Waals surface area (Å²) in [5.74, 6) is 0. The topological polar surface area (TPSA) is 6.48 Å². The number of anilines is 6. The van der Waals surface area contributed by atoms with Gasteiger partial charge in [0.1, 0.15) is 0 Å². The van der Waals surface area contributed by atoms with E-state index in [4.69, 9.17) is 0 Å². The average Bonchev–Trinajstić information content (AvgIpc) is 3.15. The summed E-state index contributed by atoms with van der Waals surface area (Å²) in [6.07, 6.45) is 4.38. The van der Waals surface area contributed by atoms with Crippen molar-refractivity contribution in [3.8, 4) is 0 Å². The van der Waals surface area contributed by atoms with Gasteiger partial charge >= 0.3 is 0 Å². The zero-order valence-corrected chi connectivity index (χ0v) is 28.4. The summed E-state index contributed by atoms with van der Waals surface area (Å²) in [7, 11) is 0. The minimum atomic E-state index is 1.12. The number of hydrogen-bond donors (Lipinski definition) is 0. The smallest absolute Gasteiger partial charge is 0.0468 e. The Bertz CT molecular complexity index is 2420. The van der Waals surface area contributed by atoms with Crippen molar-refractivity contribution in [1.82, 2.24) is 0 Å². The predicted molar refractivity (Wildman–Crippen MR) is 216 cm³/mol. The first-order valence-electron chi connectivity index (χ1n) is 17.2. The van der Waals surface area contributed by atoms with Gasteiger partial charge < -0.3 is 9.80 Å². The molecule has 0 aliphatic heterocycles. The van der Waals surface area contributed by atoms with Gasteiger partial charge in [-0.25, -0.2) is 0 Å². The first kappa shape index (κ1) is 30.9. The highest BCUT2D eigenvalue weighted by Crippen LogP contribution is 2.38. The van der Waals surface area contributed by atoms with Gasteiger partial charge in [-0.15, -0.1) is 0 Å². The fourth-order valence-corrected chi connectivity index (χ4v) is 6.84. The Morgan fingerprint density at radius 3 is 1.16 bits per heavy atom. The lowest BCUT2D eigenvalue weighted by atomic mass is 10.1. The first-order chi connectivity index (χ1) is 24.6. The van der Waals surface area contributed by atoms with E-state index in [2.05, 4.69) is 218 Å². The summed E-state index contributed by atoms with van der Waals surface area (Å²) in [4.78, 5) is 4.67. The highest BCUT2D eigenvalue weighted by molar-refractivity contribution is 5.91. The molecule has 2 nitrogen and oxygen atoms in total. The fourth-order valence-electron chi connectivity index (χ4n) is 6.84. The van der Waals surface area contributed by atoms with Gasteiger partial charge in [0, 0.05) is 34.1 Å². The molecule has 0 saturated carbocycles. The zero-order valence-electron chi connectivity index (χ0n) is 28.4. The predicted octanol–water partition coefficient (Wildman–Crippen LogP) is 13.7. The maximum atomic E-state index is 2.35. The van der Waals surface area contributed by atoms with E-state index in [1.807, 2.05) is 0 Å². The van der Waals surface area contributed by atoms with Crippen LogP contribution < -0.4 is 9.80 Å². The number of rotatable bonds is 8. The van der Waals surface area contributed by atoms with E-state index >= 15 is 0 Å². The van der Waals surface area contributed by atoms with E-state index in [1.54, 1.807) is 0 Å². The van der Waals surface area contributed by atoms with Crippen LogP contribution in [0.3, 0.4) is 0 Å². The second-order valence-electron chi connectivity index (χ2n) is 12.9. The van der Waals surface area contributed by atoms with E-state index in [9.17, 15) is 0 Å². The molecule has 8 rings (SSSR count). The lowest BCUT2D eigenvalue weighted by molar-refractivity contribution is 1.26. The maximum absolute atomic E-state index is 2.35. The van der Waals surface area contributed by atoms with Crippen LogP contribution in [0.15, 0.2) is 182 Å². The van der Waals surface area contributed by atoms with Crippen LogP contribution in [0.1, 0.15) is 22.3 Å². The molecule has 50 heavy (non-hydrogen) atoms. The molecule has 0 aliphatic carbocycles. The molecule has 0 heterocycles. The van der Waals surface area contributed by atoms with Gasteiger partial charge in [-0.05, 0) is 130 Å². The van der Waals surface area contributed by atoms with Crippen molar-refractivity contribution >= 4 is 67.8 Å². The van der Waals surface area contributed by atoms with Crippen LogP contribution in [0.2, 0.25) is 0 Å². The van der Waals surface area contributed by atoms with E-state index < -0.39 is 0 Å². The van der Waals surface area contributed by atoms with Crippen molar-refractivity contribution < 1.29 is 0 Å². The highest BCUT2D eigenvalue weighted by atomic mass is 15.1. The van der Waals surface area contributed by atoms with Gasteiger partial charge in [-0.1, -0.05) is 121 Å². The molecule has 0 radical (unpaired) electrons. The van der Waals surface area contributed by atoms with Gasteiger partial charge in [-0.3, -0.25) is 0 Å². The molecular weight excluding hydrogens is 605 g/mol. The molecule has 0 N–H and O–H groups in total. The SMILES string of the molecule is Cc1cc(C)cc(N(c2ccc(C=Cc3ccc(N(c4ccccc4)c4ccc5ccccc5c4)cc3)cc2)c2ccc3ccccc3c2)c1. The van der Waals surface area contributed by atoms with Crippen molar-refractivity contribution in [1.29, 1.82) is 0 Å². The monoisotopic (exact) mass is 642 g/mol. The van der Waals surface area contributed by atoms with Gasteiger partial charge in [0.15, 0.2) is 0 Å². The number of nitrogens with zero attached hydrogens (tertiary/aromatic N) is 2. The van der Waals surface area contributed by atoms with Crippen LogP contribution in [0.4, 0.5) is 34.1 Å². The molecular formula is C48H38N2. The van der Waals surface area contributed by atoms with Crippen LogP contribution in [-0.2, 0) is 0 Å². The van der Waals surface area contributed by atoms with Crippen molar-refractivity contribution in [2.75, 3.05) is 9.80 Å². The molecule has 0 spiro atoms. The first-order valence-corrected chi connectivity index (χ1v) is 17.2. The third-order valence-electron chi connectivity index (χ3n) is 9.23. The van der Waals surface area contributed by atoms with Crippen LogP contribution >= 0.6 is 0 Å². The molecule has 0 bridgehead atoms. The Kier molecular flexibility index (Phi) is 8.42. The highest BCUT2D eigenvalue weighted by Gasteiger charge is 2.15. The summed E-state index contributed by atoms with van der Waals surface area (Å²) >= 11 is 0. The van der Waals surface area contributed by atoms with Crippen LogP contribution in [0.5, 0.6) is 0 Å². The molecule has 2 heteroatoms. The van der Waals surface area contributed by atoms with Crippen molar-refractivity contribution in [2.24, 2.45) is 0 Å². The summed E-state index contributed by atoms with van der Waals surface area (Å²) in [5.41, 5.74) is 11.6. The summed E-state index contributed by atoms with van der Waals surface area (Å²) in [6, 6.07) is 65.4. The van der Waals surface area contributed by atoms with Gasteiger partial charge in [-0.2, -0.15) is 0 Å². The molecule has 8 aromatic carbocycles. The van der Waals surface area contributed by atoms with Crippen molar-refractivity contribution in [2.45, 2.75) is 13.8 Å². The van der Waals surface area contributed by atoms with Gasteiger partial charge in [0.05, 0.1) is 0 Å². The third-order valence-corrected chi connectivity index (χ3v) is 9.23. The Balaban J connectivity index is 1.07. The maximum Gasteiger partial charge on any atom is 0.0468 e. The number of fused-ring (bicyclic) bond motifs is 2. The molecule has 8 aromatic rings. The lowest BCUT2D eigenvalue weighted by Crippen LogP contribution is -2.10. The minimum Gasteiger partial charge on any atom is -0.310 e. The summed E-state index contributed by atoms with van der Waals surface area (Å²) in [6.45, 7) is 4.33. The quantitative estimate of drug-likeness (QED) is 0.152. The largest absolute Gasteiger partial charge is 0.310 e. The Labute approximate surface area is 294 Å². The van der Waals surface area contributed by atoms with E-state index in [0.717, 1.165) is 45.3 Å². The molecule has 240 valence electrons. The third kappa shape index (κ3) is 6.52. The lowest BCUT2D eigenvalue weighted by Gasteiger charge is -2.26. The molecule has 0 amide bonds. The number of hydrogen-bond acceptors (Lipinski definition) is 2. The normalized spacial score (nSPS) is 11.3. The number of para-hydroxylation sites is 1. The minimum absolute atomic E-state index is 1.12. The Morgan fingerprint density at radius 1 is 0.300 bits per heavy atom. The summed E-state index contributed by atoms with van der Waals surface area (Å²) in [5, 5.41) is 4.94. The van der Waals surface area contributed by atoms with Crippen LogP contribution in [0, 0.1) is 13.8 Å². The standard InChI is InChI=1S/C48H38N2/c1-35-30-36(2)32-48(31-35)50(47-29-23-40-11-7-9-13-42(40)34-47)45-26-20-38(21-27-45)17-16-37-18-24-44(25-19-37)49(43-14-4-3-5-15-43)46-28-22-39-10-6-8-12-41(39)33-46/h3-34H,1-2H3. The van der Waals surface area contributed by atoms with Crippen LogP contribution in [-0.4, -0.2) is 0 Å². The van der Waals surface area contributed by atoms with Crippen LogP contribution in [0.25, 0.3) is 33.7 Å². The van der Waals surface area contributed by atoms with E-state index in [0.29, 0.717) is 0 Å². The molecule has 0 fully saturated rings. The average molecular weight is 643 g/mol.